The molecule has 5 rings (SSSR count). The van der Waals surface area contributed by atoms with Crippen LogP contribution in [0.15, 0.2) is 60.8 Å². The Kier molecular flexibility index (Phi) is 3.72. The van der Waals surface area contributed by atoms with Gasteiger partial charge in [-0.3, -0.25) is 19.7 Å². The number of fused-ring (bicyclic) bond motifs is 3. The normalized spacial score (nSPS) is 13.2. The van der Waals surface area contributed by atoms with Crippen molar-refractivity contribution < 1.29 is 14.5 Å². The summed E-state index contributed by atoms with van der Waals surface area (Å²) >= 11 is 0. The number of nitro groups is 1. The highest BCUT2D eigenvalue weighted by atomic mass is 16.6. The fourth-order valence-electron chi connectivity index (χ4n) is 3.68. The second-order valence-corrected chi connectivity index (χ2v) is 6.80. The molecule has 0 saturated heterocycles. The Hall–Kier alpha value is -4.40. The van der Waals surface area contributed by atoms with Gasteiger partial charge in [0.05, 0.1) is 27.1 Å². The van der Waals surface area contributed by atoms with Crippen molar-refractivity contribution in [2.24, 2.45) is 7.05 Å². The van der Waals surface area contributed by atoms with E-state index in [0.29, 0.717) is 16.7 Å². The molecule has 9 heteroatoms. The van der Waals surface area contributed by atoms with Gasteiger partial charge < -0.3 is 0 Å². The molecule has 0 atom stereocenters. The van der Waals surface area contributed by atoms with Gasteiger partial charge in [-0.1, -0.05) is 30.3 Å². The quantitative estimate of drug-likeness (QED) is 0.297. The number of anilines is 1. The molecule has 2 amide bonds. The molecule has 2 aromatic heterocycles. The van der Waals surface area contributed by atoms with Gasteiger partial charge in [-0.05, 0) is 12.1 Å². The number of aromatic nitrogens is 3. The Bertz CT molecular complexity index is 1360. The lowest BCUT2D eigenvalue weighted by atomic mass is 10.0. The maximum absolute atomic E-state index is 13.3. The monoisotopic (exact) mass is 399 g/mol. The molecule has 0 radical (unpaired) electrons. The Morgan fingerprint density at radius 2 is 1.67 bits per heavy atom. The third kappa shape index (κ3) is 2.42. The lowest BCUT2D eigenvalue weighted by Gasteiger charge is -2.13. The van der Waals surface area contributed by atoms with Crippen molar-refractivity contribution in [1.82, 2.24) is 14.8 Å². The van der Waals surface area contributed by atoms with Crippen LogP contribution in [0.1, 0.15) is 20.7 Å². The van der Waals surface area contributed by atoms with Crippen molar-refractivity contribution >= 4 is 34.2 Å². The lowest BCUT2D eigenvalue weighted by Crippen LogP contribution is -2.29. The van der Waals surface area contributed by atoms with Gasteiger partial charge in [0, 0.05) is 30.9 Å². The molecule has 1 aliphatic rings. The SMILES string of the molecule is Cn1nc(-c2ccccc2)c2c3c(cnc21)C(=O)N(c1ccc([N+](=O)[O-])cc1)C3=O. The molecule has 0 bridgehead atoms. The molecule has 30 heavy (non-hydrogen) atoms. The molecule has 0 spiro atoms. The van der Waals surface area contributed by atoms with Gasteiger partial charge in [0.1, 0.15) is 5.69 Å². The van der Waals surface area contributed by atoms with Gasteiger partial charge in [0.25, 0.3) is 17.5 Å². The zero-order chi connectivity index (χ0) is 21.0. The average molecular weight is 399 g/mol. The maximum Gasteiger partial charge on any atom is 0.269 e. The van der Waals surface area contributed by atoms with Crippen molar-refractivity contribution in [2.75, 3.05) is 4.90 Å². The minimum atomic E-state index is -0.540. The van der Waals surface area contributed by atoms with Crippen LogP contribution in [-0.2, 0) is 7.05 Å². The number of aryl methyl sites for hydroxylation is 1. The third-order valence-corrected chi connectivity index (χ3v) is 5.07. The summed E-state index contributed by atoms with van der Waals surface area (Å²) in [5.41, 5.74) is 2.38. The molecule has 4 aromatic rings. The van der Waals surface area contributed by atoms with Crippen molar-refractivity contribution in [2.45, 2.75) is 0 Å². The van der Waals surface area contributed by atoms with E-state index in [9.17, 15) is 19.7 Å². The van der Waals surface area contributed by atoms with Crippen LogP contribution in [0.2, 0.25) is 0 Å². The van der Waals surface area contributed by atoms with Crippen LogP contribution >= 0.6 is 0 Å². The fourth-order valence-corrected chi connectivity index (χ4v) is 3.68. The smallest absolute Gasteiger partial charge is 0.268 e. The van der Waals surface area contributed by atoms with Gasteiger partial charge >= 0.3 is 0 Å². The van der Waals surface area contributed by atoms with E-state index >= 15 is 0 Å². The van der Waals surface area contributed by atoms with Crippen LogP contribution in [0.5, 0.6) is 0 Å². The van der Waals surface area contributed by atoms with E-state index in [1.807, 2.05) is 30.3 Å². The number of amides is 2. The van der Waals surface area contributed by atoms with Crippen LogP contribution in [0.4, 0.5) is 11.4 Å². The first-order valence-corrected chi connectivity index (χ1v) is 9.01. The summed E-state index contributed by atoms with van der Waals surface area (Å²) < 4.78 is 1.57. The maximum atomic E-state index is 13.3. The minimum Gasteiger partial charge on any atom is -0.268 e. The number of rotatable bonds is 3. The summed E-state index contributed by atoms with van der Waals surface area (Å²) in [6.07, 6.45) is 1.37. The molecule has 1 aliphatic heterocycles. The Balaban J connectivity index is 1.71. The van der Waals surface area contributed by atoms with Gasteiger partial charge in [-0.25, -0.2) is 14.6 Å². The molecule has 2 aromatic carbocycles. The highest BCUT2D eigenvalue weighted by molar-refractivity contribution is 6.38. The minimum absolute atomic E-state index is 0.127. The average Bonchev–Trinajstić information content (AvgIpc) is 3.23. The predicted molar refractivity (Wildman–Crippen MR) is 108 cm³/mol. The third-order valence-electron chi connectivity index (χ3n) is 5.07. The van der Waals surface area contributed by atoms with E-state index in [-0.39, 0.29) is 22.5 Å². The van der Waals surface area contributed by atoms with E-state index in [1.54, 1.807) is 11.7 Å². The zero-order valence-electron chi connectivity index (χ0n) is 15.6. The second-order valence-electron chi connectivity index (χ2n) is 6.80. The van der Waals surface area contributed by atoms with Crippen molar-refractivity contribution in [3.63, 3.8) is 0 Å². The number of carbonyl (C=O) groups is 2. The van der Waals surface area contributed by atoms with Crippen LogP contribution in [0.25, 0.3) is 22.3 Å². The molecule has 3 heterocycles. The number of benzene rings is 2. The van der Waals surface area contributed by atoms with E-state index in [2.05, 4.69) is 10.1 Å². The van der Waals surface area contributed by atoms with Gasteiger partial charge in [-0.15, -0.1) is 0 Å². The highest BCUT2D eigenvalue weighted by Gasteiger charge is 2.40. The number of carbonyl (C=O) groups excluding carboxylic acids is 2. The highest BCUT2D eigenvalue weighted by Crippen LogP contribution is 2.37. The van der Waals surface area contributed by atoms with Crippen LogP contribution in [-0.4, -0.2) is 31.5 Å². The molecule has 0 aliphatic carbocycles. The van der Waals surface area contributed by atoms with Crippen LogP contribution < -0.4 is 4.90 Å². The number of nitro benzene ring substituents is 1. The number of non-ortho nitro benzene ring substituents is 1. The molecular formula is C21H13N5O4. The summed E-state index contributed by atoms with van der Waals surface area (Å²) in [4.78, 5) is 42.1. The summed E-state index contributed by atoms with van der Waals surface area (Å²) in [6, 6.07) is 14.6. The fraction of sp³-hybridized carbons (Fsp3) is 0.0476. The van der Waals surface area contributed by atoms with E-state index < -0.39 is 16.7 Å². The van der Waals surface area contributed by atoms with Crippen LogP contribution in [0, 0.1) is 10.1 Å². The lowest BCUT2D eigenvalue weighted by molar-refractivity contribution is -0.384. The largest absolute Gasteiger partial charge is 0.269 e. The summed E-state index contributed by atoms with van der Waals surface area (Å²) in [5.74, 6) is -1.04. The summed E-state index contributed by atoms with van der Waals surface area (Å²) in [5, 5.41) is 15.9. The molecule has 9 nitrogen and oxygen atoms in total. The molecular weight excluding hydrogens is 386 g/mol. The van der Waals surface area contributed by atoms with Gasteiger partial charge in [-0.2, -0.15) is 5.10 Å². The second kappa shape index (κ2) is 6.31. The Morgan fingerprint density at radius 3 is 2.33 bits per heavy atom. The first-order valence-electron chi connectivity index (χ1n) is 9.01. The summed E-state index contributed by atoms with van der Waals surface area (Å²) in [7, 11) is 1.73. The standard InChI is InChI=1S/C21H13N5O4/c1-24-19-17(18(23-24)12-5-3-2-4-6-12)16-15(11-22-19)20(27)25(21(16)28)13-7-9-14(10-8-13)26(29)30/h2-11H,1H3. The van der Waals surface area contributed by atoms with Gasteiger partial charge in [0.15, 0.2) is 5.65 Å². The van der Waals surface area contributed by atoms with E-state index in [4.69, 9.17) is 0 Å². The summed E-state index contributed by atoms with van der Waals surface area (Å²) in [6.45, 7) is 0. The molecule has 146 valence electrons. The zero-order valence-corrected chi connectivity index (χ0v) is 15.6. The first-order chi connectivity index (χ1) is 14.5. The van der Waals surface area contributed by atoms with Gasteiger partial charge in [0.2, 0.25) is 0 Å². The first kappa shape index (κ1) is 17.7. The number of nitrogens with zero attached hydrogens (tertiary/aromatic N) is 5. The number of hydrogen-bond acceptors (Lipinski definition) is 6. The van der Waals surface area contributed by atoms with E-state index in [1.165, 1.54) is 30.5 Å². The Morgan fingerprint density at radius 1 is 0.967 bits per heavy atom. The molecule has 0 fully saturated rings. The molecule has 0 unspecified atom stereocenters. The van der Waals surface area contributed by atoms with E-state index in [0.717, 1.165) is 10.5 Å². The van der Waals surface area contributed by atoms with Crippen molar-refractivity contribution in [3.8, 4) is 11.3 Å². The van der Waals surface area contributed by atoms with Crippen LogP contribution in [0.3, 0.4) is 0 Å². The number of hydrogen-bond donors (Lipinski definition) is 0. The topological polar surface area (TPSA) is 111 Å². The van der Waals surface area contributed by atoms with Crippen molar-refractivity contribution in [1.29, 1.82) is 0 Å². The molecule has 0 saturated carbocycles. The number of imide groups is 1. The van der Waals surface area contributed by atoms with Crippen molar-refractivity contribution in [3.05, 3.63) is 82.0 Å². The predicted octanol–water partition coefficient (Wildman–Crippen LogP) is 3.34. The Labute approximate surface area is 169 Å². The number of pyridine rings is 1. The molecule has 0 N–H and O–H groups in total.